The SMILES string of the molecule is Fc1ccc(-c2cc(-c3ccccn3)cn2S)cc1. The fourth-order valence-corrected chi connectivity index (χ4v) is 2.26. The quantitative estimate of drug-likeness (QED) is 0.695. The molecule has 0 aliphatic rings. The predicted octanol–water partition coefficient (Wildman–Crippen LogP) is 4.05. The van der Waals surface area contributed by atoms with Crippen molar-refractivity contribution in [1.29, 1.82) is 0 Å². The maximum absolute atomic E-state index is 12.9. The first-order chi connectivity index (χ1) is 9.24. The summed E-state index contributed by atoms with van der Waals surface area (Å²) < 4.78 is 14.7. The van der Waals surface area contributed by atoms with Gasteiger partial charge in [-0.25, -0.2) is 4.39 Å². The second kappa shape index (κ2) is 4.90. The van der Waals surface area contributed by atoms with E-state index in [9.17, 15) is 4.39 Å². The van der Waals surface area contributed by atoms with Crippen LogP contribution in [0.2, 0.25) is 0 Å². The summed E-state index contributed by atoms with van der Waals surface area (Å²) in [5.41, 5.74) is 3.69. The third-order valence-electron chi connectivity index (χ3n) is 2.90. The molecule has 1 aromatic carbocycles. The van der Waals surface area contributed by atoms with Crippen molar-refractivity contribution in [3.8, 4) is 22.5 Å². The van der Waals surface area contributed by atoms with Crippen molar-refractivity contribution >= 4 is 12.8 Å². The van der Waals surface area contributed by atoms with Gasteiger partial charge in [0.15, 0.2) is 0 Å². The van der Waals surface area contributed by atoms with E-state index in [1.165, 1.54) is 12.1 Å². The first-order valence-corrected chi connectivity index (χ1v) is 6.23. The molecule has 3 aromatic rings. The van der Waals surface area contributed by atoms with Gasteiger partial charge in [-0.2, -0.15) is 0 Å². The van der Waals surface area contributed by atoms with Crippen molar-refractivity contribution in [2.24, 2.45) is 0 Å². The van der Waals surface area contributed by atoms with Crippen LogP contribution in [-0.2, 0) is 0 Å². The Balaban J connectivity index is 2.05. The Bertz CT molecular complexity index is 690. The van der Waals surface area contributed by atoms with Gasteiger partial charge in [-0.15, -0.1) is 0 Å². The minimum Gasteiger partial charge on any atom is -0.293 e. The van der Waals surface area contributed by atoms with E-state index in [-0.39, 0.29) is 5.82 Å². The Morgan fingerprint density at radius 1 is 1.00 bits per heavy atom. The maximum Gasteiger partial charge on any atom is 0.123 e. The molecular formula is C15H11FN2S. The van der Waals surface area contributed by atoms with Crippen LogP contribution in [0.1, 0.15) is 0 Å². The van der Waals surface area contributed by atoms with E-state index in [1.807, 2.05) is 30.5 Å². The number of nitrogens with zero attached hydrogens (tertiary/aromatic N) is 2. The third kappa shape index (κ3) is 2.39. The molecule has 0 bridgehead atoms. The molecule has 0 aliphatic heterocycles. The van der Waals surface area contributed by atoms with Gasteiger partial charge in [-0.3, -0.25) is 8.96 Å². The Hall–Kier alpha value is -2.07. The van der Waals surface area contributed by atoms with Crippen molar-refractivity contribution in [3.63, 3.8) is 0 Å². The highest BCUT2D eigenvalue weighted by atomic mass is 32.1. The van der Waals surface area contributed by atoms with E-state index in [1.54, 1.807) is 22.3 Å². The van der Waals surface area contributed by atoms with Gasteiger partial charge in [-0.05, 0) is 48.0 Å². The summed E-state index contributed by atoms with van der Waals surface area (Å²) in [6, 6.07) is 14.1. The molecule has 4 heteroatoms. The number of hydrogen-bond donors (Lipinski definition) is 1. The van der Waals surface area contributed by atoms with Crippen molar-refractivity contribution in [3.05, 3.63) is 66.7 Å². The Kier molecular flexibility index (Phi) is 3.09. The molecule has 3 rings (SSSR count). The largest absolute Gasteiger partial charge is 0.293 e. The summed E-state index contributed by atoms with van der Waals surface area (Å²) in [5, 5.41) is 0. The topological polar surface area (TPSA) is 17.8 Å². The Morgan fingerprint density at radius 3 is 2.47 bits per heavy atom. The number of hydrogen-bond acceptors (Lipinski definition) is 2. The number of halogens is 1. The molecule has 0 N–H and O–H groups in total. The molecule has 2 aromatic heterocycles. The van der Waals surface area contributed by atoms with E-state index >= 15 is 0 Å². The molecule has 0 amide bonds. The molecule has 0 fully saturated rings. The van der Waals surface area contributed by atoms with Crippen molar-refractivity contribution in [1.82, 2.24) is 8.96 Å². The lowest BCUT2D eigenvalue weighted by atomic mass is 10.1. The van der Waals surface area contributed by atoms with E-state index < -0.39 is 0 Å². The minimum atomic E-state index is -0.244. The van der Waals surface area contributed by atoms with E-state index in [0.29, 0.717) is 0 Å². The fraction of sp³-hybridized carbons (Fsp3) is 0. The molecule has 2 heterocycles. The maximum atomic E-state index is 12.9. The minimum absolute atomic E-state index is 0.244. The van der Waals surface area contributed by atoms with Gasteiger partial charge in [0.2, 0.25) is 0 Å². The van der Waals surface area contributed by atoms with Crippen LogP contribution < -0.4 is 0 Å². The average molecular weight is 270 g/mol. The summed E-state index contributed by atoms with van der Waals surface area (Å²) in [6.07, 6.45) is 3.65. The van der Waals surface area contributed by atoms with E-state index in [4.69, 9.17) is 0 Å². The van der Waals surface area contributed by atoms with Gasteiger partial charge in [-0.1, -0.05) is 18.9 Å². The predicted molar refractivity (Wildman–Crippen MR) is 77.4 cm³/mol. The molecule has 0 radical (unpaired) electrons. The summed E-state index contributed by atoms with van der Waals surface area (Å²) >= 11 is 4.40. The molecular weight excluding hydrogens is 259 g/mol. The number of pyridine rings is 1. The van der Waals surface area contributed by atoms with Crippen LogP contribution in [0.3, 0.4) is 0 Å². The average Bonchev–Trinajstić information content (AvgIpc) is 2.83. The standard InChI is InChI=1S/C15H11FN2S/c16-13-6-4-11(5-7-13)15-9-12(10-18(15)19)14-3-1-2-8-17-14/h1-10,19H. The monoisotopic (exact) mass is 270 g/mol. The second-order valence-corrected chi connectivity index (χ2v) is 4.61. The Labute approximate surface area is 116 Å². The van der Waals surface area contributed by atoms with Crippen LogP contribution >= 0.6 is 12.8 Å². The molecule has 2 nitrogen and oxygen atoms in total. The molecule has 19 heavy (non-hydrogen) atoms. The summed E-state index contributed by atoms with van der Waals surface area (Å²) in [4.78, 5) is 4.30. The zero-order valence-corrected chi connectivity index (χ0v) is 10.9. The highest BCUT2D eigenvalue weighted by Crippen LogP contribution is 2.28. The molecule has 0 saturated heterocycles. The molecule has 0 spiro atoms. The normalized spacial score (nSPS) is 10.6. The van der Waals surface area contributed by atoms with E-state index in [0.717, 1.165) is 22.5 Å². The lowest BCUT2D eigenvalue weighted by Gasteiger charge is -2.01. The number of rotatable bonds is 2. The van der Waals surface area contributed by atoms with Gasteiger partial charge in [0.05, 0.1) is 11.4 Å². The number of thiol groups is 1. The zero-order valence-electron chi connectivity index (χ0n) is 9.99. The van der Waals surface area contributed by atoms with Crippen LogP contribution in [0.4, 0.5) is 4.39 Å². The summed E-state index contributed by atoms with van der Waals surface area (Å²) in [5.74, 6) is -0.244. The van der Waals surface area contributed by atoms with Gasteiger partial charge in [0.1, 0.15) is 5.82 Å². The second-order valence-electron chi connectivity index (χ2n) is 4.18. The van der Waals surface area contributed by atoms with Crippen LogP contribution in [0, 0.1) is 5.82 Å². The molecule has 0 aliphatic carbocycles. The summed E-state index contributed by atoms with van der Waals surface area (Å²) in [6.45, 7) is 0. The highest BCUT2D eigenvalue weighted by molar-refractivity contribution is 7.78. The molecule has 0 atom stereocenters. The van der Waals surface area contributed by atoms with Crippen LogP contribution in [0.15, 0.2) is 60.9 Å². The first-order valence-electron chi connectivity index (χ1n) is 5.83. The van der Waals surface area contributed by atoms with Crippen molar-refractivity contribution in [2.75, 3.05) is 0 Å². The molecule has 0 unspecified atom stereocenters. The van der Waals surface area contributed by atoms with Gasteiger partial charge >= 0.3 is 0 Å². The third-order valence-corrected chi connectivity index (χ3v) is 3.23. The van der Waals surface area contributed by atoms with Crippen LogP contribution in [0.5, 0.6) is 0 Å². The lowest BCUT2D eigenvalue weighted by molar-refractivity contribution is 0.628. The molecule has 0 saturated carbocycles. The Morgan fingerprint density at radius 2 is 1.79 bits per heavy atom. The smallest absolute Gasteiger partial charge is 0.123 e. The summed E-state index contributed by atoms with van der Waals surface area (Å²) in [7, 11) is 0. The van der Waals surface area contributed by atoms with Crippen LogP contribution in [-0.4, -0.2) is 8.96 Å². The van der Waals surface area contributed by atoms with Gasteiger partial charge < -0.3 is 0 Å². The van der Waals surface area contributed by atoms with E-state index in [2.05, 4.69) is 17.8 Å². The zero-order chi connectivity index (χ0) is 13.2. The highest BCUT2D eigenvalue weighted by Gasteiger charge is 2.08. The lowest BCUT2D eigenvalue weighted by Crippen LogP contribution is -1.83. The van der Waals surface area contributed by atoms with Crippen molar-refractivity contribution < 1.29 is 4.39 Å². The number of aromatic nitrogens is 2. The van der Waals surface area contributed by atoms with Crippen LogP contribution in [0.25, 0.3) is 22.5 Å². The molecule has 94 valence electrons. The fourth-order valence-electron chi connectivity index (χ4n) is 1.96. The van der Waals surface area contributed by atoms with Gasteiger partial charge in [0, 0.05) is 18.0 Å². The first kappa shape index (κ1) is 12.0. The van der Waals surface area contributed by atoms with Gasteiger partial charge in [0.25, 0.3) is 0 Å². The number of benzene rings is 1. The van der Waals surface area contributed by atoms with Crippen molar-refractivity contribution in [2.45, 2.75) is 0 Å².